The second-order valence-corrected chi connectivity index (χ2v) is 9.11. The second kappa shape index (κ2) is 14.7. The lowest BCUT2D eigenvalue weighted by molar-refractivity contribution is -0.144. The fourth-order valence-corrected chi connectivity index (χ4v) is 3.11. The van der Waals surface area contributed by atoms with Crippen LogP contribution in [0.1, 0.15) is 31.9 Å². The van der Waals surface area contributed by atoms with Crippen molar-refractivity contribution in [2.45, 2.75) is 45.6 Å². The van der Waals surface area contributed by atoms with Gasteiger partial charge in [0.1, 0.15) is 18.0 Å². The van der Waals surface area contributed by atoms with Crippen molar-refractivity contribution in [1.29, 1.82) is 0 Å². The van der Waals surface area contributed by atoms with Crippen LogP contribution in [0.4, 0.5) is 9.59 Å². The summed E-state index contributed by atoms with van der Waals surface area (Å²) in [5, 5.41) is 2.45. The lowest BCUT2D eigenvalue weighted by Gasteiger charge is -2.27. The summed E-state index contributed by atoms with van der Waals surface area (Å²) in [4.78, 5) is 38.6. The summed E-state index contributed by atoms with van der Waals surface area (Å²) in [6, 6.07) is 15.4. The zero-order valence-electron chi connectivity index (χ0n) is 22.0. The van der Waals surface area contributed by atoms with Crippen LogP contribution in [0.5, 0.6) is 5.75 Å². The highest BCUT2D eigenvalue weighted by Crippen LogP contribution is 2.16. The van der Waals surface area contributed by atoms with Crippen molar-refractivity contribution in [3.63, 3.8) is 0 Å². The van der Waals surface area contributed by atoms with Crippen LogP contribution in [0.3, 0.4) is 0 Å². The maximum atomic E-state index is 12.8. The lowest BCUT2D eigenvalue weighted by atomic mass is 10.2. The molecule has 37 heavy (non-hydrogen) atoms. The van der Waals surface area contributed by atoms with Gasteiger partial charge in [0.25, 0.3) is 0 Å². The van der Waals surface area contributed by atoms with Crippen LogP contribution in [0.15, 0.2) is 54.6 Å². The molecule has 1 atom stereocenters. The Labute approximate surface area is 217 Å². The minimum atomic E-state index is -1.08. The Morgan fingerprint density at radius 3 is 2.22 bits per heavy atom. The normalized spacial score (nSPS) is 11.7. The van der Waals surface area contributed by atoms with Gasteiger partial charge in [-0.3, -0.25) is 0 Å². The molecule has 0 aromatic heterocycles. The Balaban J connectivity index is 1.92. The van der Waals surface area contributed by atoms with E-state index in [4.69, 9.17) is 23.7 Å². The van der Waals surface area contributed by atoms with Crippen LogP contribution >= 0.6 is 0 Å². The number of benzene rings is 2. The Kier molecular flexibility index (Phi) is 11.7. The number of amides is 2. The van der Waals surface area contributed by atoms with Gasteiger partial charge in [0.2, 0.25) is 0 Å². The van der Waals surface area contributed by atoms with Gasteiger partial charge in [-0.2, -0.15) is 0 Å². The molecule has 1 N–H and O–H groups in total. The largest absolute Gasteiger partial charge is 0.497 e. The Morgan fingerprint density at radius 2 is 1.62 bits per heavy atom. The molecule has 2 amide bonds. The molecular weight excluding hydrogens is 480 g/mol. The van der Waals surface area contributed by atoms with Gasteiger partial charge in [-0.1, -0.05) is 42.5 Å². The number of carbonyl (C=O) groups is 3. The zero-order chi connectivity index (χ0) is 27.3. The molecule has 2 aromatic rings. The van der Waals surface area contributed by atoms with Crippen molar-refractivity contribution < 1.29 is 38.1 Å². The van der Waals surface area contributed by atoms with Crippen molar-refractivity contribution in [2.24, 2.45) is 0 Å². The van der Waals surface area contributed by atoms with Crippen LogP contribution in [-0.2, 0) is 36.9 Å². The van der Waals surface area contributed by atoms with Crippen LogP contribution in [0, 0.1) is 0 Å². The maximum absolute atomic E-state index is 12.8. The van der Waals surface area contributed by atoms with Gasteiger partial charge >= 0.3 is 18.2 Å². The first-order valence-electron chi connectivity index (χ1n) is 11.8. The number of rotatable bonds is 12. The van der Waals surface area contributed by atoms with Gasteiger partial charge in [-0.25, -0.2) is 14.4 Å². The Hall–Kier alpha value is -3.79. The molecule has 0 saturated heterocycles. The van der Waals surface area contributed by atoms with Crippen molar-refractivity contribution in [3.8, 4) is 5.75 Å². The Morgan fingerprint density at radius 1 is 0.946 bits per heavy atom. The molecule has 0 aliphatic rings. The van der Waals surface area contributed by atoms with Crippen LogP contribution in [0.25, 0.3) is 0 Å². The van der Waals surface area contributed by atoms with Crippen LogP contribution in [-0.4, -0.2) is 68.7 Å². The summed E-state index contributed by atoms with van der Waals surface area (Å²) in [5.41, 5.74) is 1.01. The molecule has 0 fully saturated rings. The first kappa shape index (κ1) is 29.4. The fourth-order valence-electron chi connectivity index (χ4n) is 3.11. The number of esters is 1. The molecule has 0 heterocycles. The maximum Gasteiger partial charge on any atom is 0.410 e. The zero-order valence-corrected chi connectivity index (χ0v) is 22.0. The molecule has 0 radical (unpaired) electrons. The molecule has 0 aliphatic heterocycles. The first-order valence-corrected chi connectivity index (χ1v) is 11.8. The van der Waals surface area contributed by atoms with E-state index in [0.29, 0.717) is 5.75 Å². The molecular formula is C27H36N2O8. The minimum Gasteiger partial charge on any atom is -0.497 e. The van der Waals surface area contributed by atoms with E-state index in [2.05, 4.69) is 5.32 Å². The second-order valence-electron chi connectivity index (χ2n) is 9.11. The summed E-state index contributed by atoms with van der Waals surface area (Å²) in [6.45, 7) is 5.81. The predicted octanol–water partition coefficient (Wildman–Crippen LogP) is 3.92. The summed E-state index contributed by atoms with van der Waals surface area (Å²) in [5.74, 6) is 0.0263. The minimum absolute atomic E-state index is 0.0532. The molecule has 0 spiro atoms. The number of methoxy groups -OCH3 is 2. The molecule has 0 bridgehead atoms. The topological polar surface area (TPSA) is 113 Å². The molecule has 0 unspecified atom stereocenters. The van der Waals surface area contributed by atoms with Gasteiger partial charge < -0.3 is 33.9 Å². The van der Waals surface area contributed by atoms with Gasteiger partial charge in [0.05, 0.1) is 27.4 Å². The number of nitrogens with one attached hydrogen (secondary N) is 1. The number of ether oxygens (including phenoxy) is 5. The van der Waals surface area contributed by atoms with Gasteiger partial charge in [-0.15, -0.1) is 0 Å². The van der Waals surface area contributed by atoms with E-state index in [1.165, 1.54) is 12.0 Å². The number of alkyl carbamates (subject to hydrolysis) is 1. The van der Waals surface area contributed by atoms with E-state index in [0.717, 1.165) is 11.1 Å². The quantitative estimate of drug-likeness (QED) is 0.257. The van der Waals surface area contributed by atoms with Crippen LogP contribution < -0.4 is 10.1 Å². The average Bonchev–Trinajstić information content (AvgIpc) is 2.87. The third-order valence-corrected chi connectivity index (χ3v) is 4.96. The molecule has 10 heteroatoms. The van der Waals surface area contributed by atoms with E-state index >= 15 is 0 Å². The molecule has 0 aliphatic carbocycles. The van der Waals surface area contributed by atoms with Gasteiger partial charge in [0.15, 0.2) is 6.04 Å². The first-order chi connectivity index (χ1) is 17.6. The summed E-state index contributed by atoms with van der Waals surface area (Å²) < 4.78 is 26.3. The number of nitrogens with zero attached hydrogens (tertiary/aromatic N) is 1. The standard InChI is InChI=1S/C27H36N2O8/c1-27(2,3)37-26(32)29(17-20-11-13-22(33-4)14-12-20)15-16-35-19-23(24(30)34-5)28-25(31)36-18-21-9-7-6-8-10-21/h6-14,23H,15-19H2,1-5H3,(H,28,31)/t23-/m0/s1. The number of hydrogen-bond donors (Lipinski definition) is 1. The van der Waals surface area contributed by atoms with E-state index in [1.54, 1.807) is 27.9 Å². The van der Waals surface area contributed by atoms with E-state index < -0.39 is 29.8 Å². The number of carbonyl (C=O) groups excluding carboxylic acids is 3. The fraction of sp³-hybridized carbons (Fsp3) is 0.444. The number of hydrogen-bond acceptors (Lipinski definition) is 8. The molecule has 10 nitrogen and oxygen atoms in total. The third kappa shape index (κ3) is 11.2. The monoisotopic (exact) mass is 516 g/mol. The molecule has 202 valence electrons. The summed E-state index contributed by atoms with van der Waals surface area (Å²) >= 11 is 0. The summed E-state index contributed by atoms with van der Waals surface area (Å²) in [7, 11) is 2.80. The molecule has 2 aromatic carbocycles. The van der Waals surface area contributed by atoms with Crippen molar-refractivity contribution in [3.05, 3.63) is 65.7 Å². The highest BCUT2D eigenvalue weighted by atomic mass is 16.6. The smallest absolute Gasteiger partial charge is 0.410 e. The van der Waals surface area contributed by atoms with E-state index in [9.17, 15) is 14.4 Å². The predicted molar refractivity (Wildman–Crippen MR) is 136 cm³/mol. The average molecular weight is 517 g/mol. The van der Waals surface area contributed by atoms with Gasteiger partial charge in [-0.05, 0) is 44.0 Å². The molecule has 0 saturated carbocycles. The molecule has 2 rings (SSSR count). The third-order valence-electron chi connectivity index (χ3n) is 4.96. The van der Waals surface area contributed by atoms with Crippen molar-refractivity contribution in [2.75, 3.05) is 34.0 Å². The SMILES string of the molecule is COC(=O)[C@H](COCCN(Cc1ccc(OC)cc1)C(=O)OC(C)(C)C)NC(=O)OCc1ccccc1. The highest BCUT2D eigenvalue weighted by molar-refractivity contribution is 5.81. The van der Waals surface area contributed by atoms with E-state index in [-0.39, 0.29) is 32.9 Å². The summed E-state index contributed by atoms with van der Waals surface area (Å²) in [6.07, 6.45) is -1.28. The van der Waals surface area contributed by atoms with Crippen molar-refractivity contribution >= 4 is 18.2 Å². The highest BCUT2D eigenvalue weighted by Gasteiger charge is 2.25. The Bertz CT molecular complexity index is 990. The lowest BCUT2D eigenvalue weighted by Crippen LogP contribution is -2.45. The van der Waals surface area contributed by atoms with Gasteiger partial charge in [0, 0.05) is 13.1 Å². The van der Waals surface area contributed by atoms with E-state index in [1.807, 2.05) is 54.6 Å². The van der Waals surface area contributed by atoms with Crippen molar-refractivity contribution in [1.82, 2.24) is 10.2 Å². The van der Waals surface area contributed by atoms with Crippen LogP contribution in [0.2, 0.25) is 0 Å².